The van der Waals surface area contributed by atoms with Gasteiger partial charge in [0, 0.05) is 42.7 Å². The molecule has 0 spiro atoms. The molecule has 0 saturated carbocycles. The van der Waals surface area contributed by atoms with Gasteiger partial charge in [0.25, 0.3) is 0 Å². The maximum absolute atomic E-state index is 12.0. The van der Waals surface area contributed by atoms with Crippen LogP contribution >= 0.6 is 0 Å². The van der Waals surface area contributed by atoms with Gasteiger partial charge in [-0.25, -0.2) is 14.6 Å². The monoisotopic (exact) mass is 543 g/mol. The van der Waals surface area contributed by atoms with Gasteiger partial charge in [-0.1, -0.05) is 44.5 Å². The molecule has 11 nitrogen and oxygen atoms in total. The van der Waals surface area contributed by atoms with Crippen molar-refractivity contribution in [2.75, 3.05) is 22.9 Å². The standard InChI is InChI=1S/C15H20N4O2.C14H13N3O2/c1-4-7-19(15(21)17-10-20)13-9-16-14-12(11(2)3)6-5-8-18(13)14;1-9-2-3-11-10(6-9)7-15-8-12(11)17-5-4-13(18)16-14(17)19/h5-6,8-11H,4,7H2,1-3H3,(H,17,20,21);2-3,6-8H,4-5H2,1H3,(H,16,18,19). The minimum absolute atomic E-state index is 0.231. The highest BCUT2D eigenvalue weighted by Gasteiger charge is 2.25. The van der Waals surface area contributed by atoms with Crippen LogP contribution in [0.1, 0.15) is 50.7 Å². The summed E-state index contributed by atoms with van der Waals surface area (Å²) < 4.78 is 1.88. The average Bonchev–Trinajstić information content (AvgIpc) is 3.35. The molecule has 1 aromatic carbocycles. The van der Waals surface area contributed by atoms with Crippen molar-refractivity contribution in [3.63, 3.8) is 0 Å². The minimum atomic E-state index is -0.441. The predicted octanol–water partition coefficient (Wildman–Crippen LogP) is 4.53. The predicted molar refractivity (Wildman–Crippen MR) is 153 cm³/mol. The Bertz CT molecular complexity index is 1560. The van der Waals surface area contributed by atoms with Crippen molar-refractivity contribution in [2.45, 2.75) is 46.5 Å². The third-order valence-electron chi connectivity index (χ3n) is 6.56. The van der Waals surface area contributed by atoms with E-state index in [9.17, 15) is 19.2 Å². The summed E-state index contributed by atoms with van der Waals surface area (Å²) in [6, 6.07) is 9.15. The molecular formula is C29H33N7O4. The first kappa shape index (κ1) is 28.2. The van der Waals surface area contributed by atoms with Gasteiger partial charge in [-0.2, -0.15) is 0 Å². The van der Waals surface area contributed by atoms with Crippen molar-refractivity contribution in [1.29, 1.82) is 0 Å². The number of aryl methyl sites for hydroxylation is 1. The largest absolute Gasteiger partial charge is 0.329 e. The fourth-order valence-corrected chi connectivity index (χ4v) is 4.63. The van der Waals surface area contributed by atoms with E-state index >= 15 is 0 Å². The van der Waals surface area contributed by atoms with E-state index in [2.05, 4.69) is 34.4 Å². The van der Waals surface area contributed by atoms with Gasteiger partial charge in [-0.05, 0) is 37.0 Å². The summed E-state index contributed by atoms with van der Waals surface area (Å²) in [6.07, 6.45) is 8.47. The van der Waals surface area contributed by atoms with Crippen LogP contribution in [0.15, 0.2) is 55.1 Å². The number of carbonyl (C=O) groups excluding carboxylic acids is 4. The molecule has 0 atom stereocenters. The molecular weight excluding hydrogens is 510 g/mol. The third kappa shape index (κ3) is 5.93. The number of hydrogen-bond donors (Lipinski definition) is 2. The summed E-state index contributed by atoms with van der Waals surface area (Å²) in [5.41, 5.74) is 3.84. The molecule has 5 rings (SSSR count). The van der Waals surface area contributed by atoms with Crippen LogP contribution in [-0.4, -0.2) is 51.8 Å². The Labute approximate surface area is 232 Å². The van der Waals surface area contributed by atoms with E-state index in [-0.39, 0.29) is 11.9 Å². The number of nitrogens with zero attached hydrogens (tertiary/aromatic N) is 5. The number of pyridine rings is 2. The summed E-state index contributed by atoms with van der Waals surface area (Å²) in [5, 5.41) is 6.46. The van der Waals surface area contributed by atoms with Crippen molar-refractivity contribution < 1.29 is 19.2 Å². The number of fused-ring (bicyclic) bond motifs is 2. The first-order valence-corrected chi connectivity index (χ1v) is 13.2. The lowest BCUT2D eigenvalue weighted by Crippen LogP contribution is -2.49. The summed E-state index contributed by atoms with van der Waals surface area (Å²) in [6.45, 7) is 9.10. The van der Waals surface area contributed by atoms with Crippen molar-refractivity contribution in [1.82, 2.24) is 25.0 Å². The number of carbonyl (C=O) groups is 4. The van der Waals surface area contributed by atoms with Gasteiger partial charge in [0.2, 0.25) is 12.3 Å². The number of amides is 6. The number of urea groups is 2. The Balaban J connectivity index is 0.000000186. The lowest BCUT2D eigenvalue weighted by Gasteiger charge is -2.27. The molecule has 6 amide bonds. The van der Waals surface area contributed by atoms with Crippen LogP contribution in [0.25, 0.3) is 16.4 Å². The van der Waals surface area contributed by atoms with Crippen molar-refractivity contribution in [3.8, 4) is 0 Å². The highest BCUT2D eigenvalue weighted by molar-refractivity contribution is 6.09. The fraction of sp³-hybridized carbons (Fsp3) is 0.310. The van der Waals surface area contributed by atoms with E-state index in [4.69, 9.17) is 0 Å². The van der Waals surface area contributed by atoms with Gasteiger partial charge < -0.3 is 0 Å². The van der Waals surface area contributed by atoms with Crippen LogP contribution in [0.5, 0.6) is 0 Å². The zero-order valence-corrected chi connectivity index (χ0v) is 23.0. The summed E-state index contributed by atoms with van der Waals surface area (Å²) in [5.74, 6) is 0.770. The summed E-state index contributed by atoms with van der Waals surface area (Å²) >= 11 is 0. The molecule has 2 N–H and O–H groups in total. The number of hydrogen-bond acceptors (Lipinski definition) is 6. The molecule has 11 heteroatoms. The van der Waals surface area contributed by atoms with Gasteiger partial charge >= 0.3 is 12.1 Å². The zero-order valence-electron chi connectivity index (χ0n) is 23.0. The molecule has 4 heterocycles. The molecule has 1 aliphatic heterocycles. The normalized spacial score (nSPS) is 13.2. The maximum atomic E-state index is 12.0. The molecule has 40 heavy (non-hydrogen) atoms. The second-order valence-electron chi connectivity index (χ2n) is 9.79. The number of nitrogens with one attached hydrogen (secondary N) is 2. The Morgan fingerprint density at radius 3 is 2.70 bits per heavy atom. The van der Waals surface area contributed by atoms with Crippen LogP contribution < -0.4 is 20.4 Å². The molecule has 1 saturated heterocycles. The van der Waals surface area contributed by atoms with Gasteiger partial charge in [0.1, 0.15) is 11.5 Å². The highest BCUT2D eigenvalue weighted by atomic mass is 16.2. The highest BCUT2D eigenvalue weighted by Crippen LogP contribution is 2.28. The Hall–Kier alpha value is -4.80. The SMILES string of the molecule is CCCN(C(=O)NC=O)c1cnc2c(C(C)C)cccn12.Cc1ccc2c(N3CCC(=O)NC3=O)cncc2c1. The topological polar surface area (TPSA) is 129 Å². The smallest absolute Gasteiger partial charge is 0.291 e. The number of imide groups is 2. The lowest BCUT2D eigenvalue weighted by molar-refractivity contribution is -0.120. The Morgan fingerprint density at radius 1 is 1.20 bits per heavy atom. The van der Waals surface area contributed by atoms with Crippen LogP contribution in [0, 0.1) is 6.92 Å². The molecule has 208 valence electrons. The molecule has 1 fully saturated rings. The fourth-order valence-electron chi connectivity index (χ4n) is 4.63. The molecule has 0 aliphatic carbocycles. The van der Waals surface area contributed by atoms with Crippen molar-refractivity contribution >= 4 is 52.3 Å². The Morgan fingerprint density at radius 2 is 2.00 bits per heavy atom. The number of aromatic nitrogens is 3. The van der Waals surface area contributed by atoms with Crippen LogP contribution in [0.4, 0.5) is 21.1 Å². The number of anilines is 2. The number of imidazole rings is 1. The molecule has 0 bridgehead atoms. The van der Waals surface area contributed by atoms with E-state index in [0.717, 1.165) is 39.7 Å². The first-order valence-electron chi connectivity index (χ1n) is 13.2. The summed E-state index contributed by atoms with van der Waals surface area (Å²) in [7, 11) is 0. The number of rotatable bonds is 6. The van der Waals surface area contributed by atoms with Crippen molar-refractivity contribution in [2.24, 2.45) is 0 Å². The van der Waals surface area contributed by atoms with E-state index in [1.807, 2.05) is 54.8 Å². The quantitative estimate of drug-likeness (QED) is 0.344. The summed E-state index contributed by atoms with van der Waals surface area (Å²) in [4.78, 5) is 57.3. The zero-order chi connectivity index (χ0) is 28.8. The van der Waals surface area contributed by atoms with E-state index in [1.54, 1.807) is 23.5 Å². The second-order valence-corrected chi connectivity index (χ2v) is 9.79. The van der Waals surface area contributed by atoms with Gasteiger partial charge in [0.15, 0.2) is 0 Å². The first-order chi connectivity index (χ1) is 19.2. The third-order valence-corrected chi connectivity index (χ3v) is 6.56. The van der Waals surface area contributed by atoms with Gasteiger partial charge in [-0.3, -0.25) is 39.4 Å². The minimum Gasteiger partial charge on any atom is -0.291 e. The Kier molecular flexibility index (Phi) is 8.73. The van der Waals surface area contributed by atoms with E-state index < -0.39 is 6.03 Å². The van der Waals surface area contributed by atoms with Gasteiger partial charge in [0.05, 0.1) is 18.1 Å². The van der Waals surface area contributed by atoms with E-state index in [1.165, 1.54) is 4.90 Å². The maximum Gasteiger partial charge on any atom is 0.329 e. The molecule has 4 aromatic rings. The van der Waals surface area contributed by atoms with Crippen molar-refractivity contribution in [3.05, 3.63) is 66.2 Å². The van der Waals surface area contributed by atoms with E-state index in [0.29, 0.717) is 37.7 Å². The average molecular weight is 544 g/mol. The van der Waals surface area contributed by atoms with Crippen LogP contribution in [-0.2, 0) is 9.59 Å². The molecule has 0 radical (unpaired) electrons. The second kappa shape index (κ2) is 12.4. The van der Waals surface area contributed by atoms with Crippen LogP contribution in [0.3, 0.4) is 0 Å². The molecule has 1 aliphatic rings. The molecule has 3 aromatic heterocycles. The number of benzene rings is 1. The van der Waals surface area contributed by atoms with Crippen LogP contribution in [0.2, 0.25) is 0 Å². The lowest BCUT2D eigenvalue weighted by atomic mass is 10.1. The van der Waals surface area contributed by atoms with Gasteiger partial charge in [-0.15, -0.1) is 0 Å². The molecule has 0 unspecified atom stereocenters.